The lowest BCUT2D eigenvalue weighted by Gasteiger charge is -2.22. The Labute approximate surface area is 214 Å². The van der Waals surface area contributed by atoms with Crippen molar-refractivity contribution in [3.63, 3.8) is 0 Å². The molecule has 0 aliphatic rings. The molecule has 3 rings (SSSR count). The summed E-state index contributed by atoms with van der Waals surface area (Å²) >= 11 is 3.36. The van der Waals surface area contributed by atoms with E-state index in [2.05, 4.69) is 21.2 Å². The first-order chi connectivity index (χ1) is 16.5. The Hall–Kier alpha value is -2.57. The Balaban J connectivity index is 1.73. The number of carbonyl (C=O) groups is 1. The van der Waals surface area contributed by atoms with Crippen molar-refractivity contribution < 1.29 is 21.6 Å². The molecule has 0 fully saturated rings. The van der Waals surface area contributed by atoms with Gasteiger partial charge in [-0.15, -0.1) is 0 Å². The van der Waals surface area contributed by atoms with Crippen LogP contribution in [0.2, 0.25) is 0 Å². The SMILES string of the molecule is CN(C)S(=O)(=O)c1ccc(CNC(=O)CN(Cc2ccc(Br)cc2)S(=O)(=O)c2ccccc2)cc1. The summed E-state index contributed by atoms with van der Waals surface area (Å²) in [6, 6.07) is 21.3. The molecule has 3 aromatic carbocycles. The van der Waals surface area contributed by atoms with Crippen molar-refractivity contribution in [1.29, 1.82) is 0 Å². The molecule has 0 atom stereocenters. The van der Waals surface area contributed by atoms with Crippen molar-refractivity contribution >= 4 is 41.9 Å². The van der Waals surface area contributed by atoms with Crippen LogP contribution in [-0.2, 0) is 37.9 Å². The number of nitrogens with zero attached hydrogens (tertiary/aromatic N) is 2. The molecule has 11 heteroatoms. The Morgan fingerprint density at radius 2 is 1.31 bits per heavy atom. The molecule has 3 aromatic rings. The monoisotopic (exact) mass is 579 g/mol. The molecule has 0 aliphatic heterocycles. The summed E-state index contributed by atoms with van der Waals surface area (Å²) in [5, 5.41) is 2.72. The third-order valence-electron chi connectivity index (χ3n) is 5.16. The van der Waals surface area contributed by atoms with E-state index < -0.39 is 26.0 Å². The van der Waals surface area contributed by atoms with E-state index in [-0.39, 0.29) is 29.4 Å². The molecule has 1 N–H and O–H groups in total. The zero-order valence-electron chi connectivity index (χ0n) is 19.3. The van der Waals surface area contributed by atoms with Crippen LogP contribution in [0.15, 0.2) is 93.1 Å². The molecule has 35 heavy (non-hydrogen) atoms. The lowest BCUT2D eigenvalue weighted by atomic mass is 10.2. The summed E-state index contributed by atoms with van der Waals surface area (Å²) in [4.78, 5) is 13.0. The number of halogens is 1. The zero-order valence-corrected chi connectivity index (χ0v) is 22.5. The third-order valence-corrected chi connectivity index (χ3v) is 9.33. The van der Waals surface area contributed by atoms with Crippen LogP contribution in [0.25, 0.3) is 0 Å². The highest BCUT2D eigenvalue weighted by Crippen LogP contribution is 2.20. The van der Waals surface area contributed by atoms with Crippen LogP contribution in [-0.4, -0.2) is 52.0 Å². The summed E-state index contributed by atoms with van der Waals surface area (Å²) in [5.74, 6) is -0.480. The predicted octanol–water partition coefficient (Wildman–Crippen LogP) is 3.21. The molecular weight excluding hydrogens is 554 g/mol. The number of rotatable bonds is 10. The van der Waals surface area contributed by atoms with Crippen LogP contribution in [0.5, 0.6) is 0 Å². The first-order valence-corrected chi connectivity index (χ1v) is 14.3. The van der Waals surface area contributed by atoms with E-state index in [0.29, 0.717) is 5.56 Å². The number of amides is 1. The van der Waals surface area contributed by atoms with E-state index in [4.69, 9.17) is 0 Å². The minimum absolute atomic E-state index is 0.0228. The van der Waals surface area contributed by atoms with Crippen LogP contribution in [0, 0.1) is 0 Å². The van der Waals surface area contributed by atoms with Gasteiger partial charge in [0, 0.05) is 31.7 Å². The van der Waals surface area contributed by atoms with Gasteiger partial charge in [0.1, 0.15) is 0 Å². The van der Waals surface area contributed by atoms with Gasteiger partial charge in [0.05, 0.1) is 16.3 Å². The maximum absolute atomic E-state index is 13.3. The van der Waals surface area contributed by atoms with Gasteiger partial charge in [0.2, 0.25) is 26.0 Å². The lowest BCUT2D eigenvalue weighted by molar-refractivity contribution is -0.121. The molecule has 0 aliphatic carbocycles. The van der Waals surface area contributed by atoms with Crippen molar-refractivity contribution in [2.45, 2.75) is 22.9 Å². The van der Waals surface area contributed by atoms with Crippen LogP contribution in [0.3, 0.4) is 0 Å². The molecule has 0 radical (unpaired) electrons. The Morgan fingerprint density at radius 1 is 0.771 bits per heavy atom. The fourth-order valence-electron chi connectivity index (χ4n) is 3.17. The normalized spacial score (nSPS) is 12.1. The molecule has 0 unspecified atom stereocenters. The van der Waals surface area contributed by atoms with Crippen molar-refractivity contribution in [2.75, 3.05) is 20.6 Å². The van der Waals surface area contributed by atoms with Crippen LogP contribution in [0.1, 0.15) is 11.1 Å². The van der Waals surface area contributed by atoms with Gasteiger partial charge in [-0.1, -0.05) is 58.4 Å². The maximum atomic E-state index is 13.3. The summed E-state index contributed by atoms with van der Waals surface area (Å²) in [7, 11) is -4.57. The van der Waals surface area contributed by atoms with Crippen molar-refractivity contribution in [3.8, 4) is 0 Å². The quantitative estimate of drug-likeness (QED) is 0.397. The van der Waals surface area contributed by atoms with Gasteiger partial charge < -0.3 is 5.32 Å². The van der Waals surface area contributed by atoms with Crippen molar-refractivity contribution in [3.05, 3.63) is 94.5 Å². The largest absolute Gasteiger partial charge is 0.351 e. The lowest BCUT2D eigenvalue weighted by Crippen LogP contribution is -2.40. The van der Waals surface area contributed by atoms with Gasteiger partial charge in [-0.05, 0) is 47.5 Å². The van der Waals surface area contributed by atoms with E-state index >= 15 is 0 Å². The molecule has 0 saturated heterocycles. The smallest absolute Gasteiger partial charge is 0.243 e. The number of hydrogen-bond acceptors (Lipinski definition) is 5. The molecular formula is C24H26BrN3O5S2. The van der Waals surface area contributed by atoms with Crippen molar-refractivity contribution in [2.24, 2.45) is 0 Å². The highest BCUT2D eigenvalue weighted by Gasteiger charge is 2.27. The molecule has 0 saturated carbocycles. The number of carbonyl (C=O) groups excluding carboxylic acids is 1. The van der Waals surface area contributed by atoms with Crippen LogP contribution >= 0.6 is 15.9 Å². The fraction of sp³-hybridized carbons (Fsp3) is 0.208. The molecule has 186 valence electrons. The molecule has 8 nitrogen and oxygen atoms in total. The predicted molar refractivity (Wildman–Crippen MR) is 137 cm³/mol. The zero-order chi connectivity index (χ0) is 25.6. The summed E-state index contributed by atoms with van der Waals surface area (Å²) in [6.45, 7) is -0.228. The van der Waals surface area contributed by atoms with Gasteiger partial charge in [-0.3, -0.25) is 4.79 Å². The molecule has 0 spiro atoms. The van der Waals surface area contributed by atoms with Crippen LogP contribution in [0.4, 0.5) is 0 Å². The standard InChI is InChI=1S/C24H26BrN3O5S2/c1-27(2)34(30,31)23-14-10-19(11-15-23)16-26-24(29)18-28(17-20-8-12-21(25)13-9-20)35(32,33)22-6-4-3-5-7-22/h3-15H,16-18H2,1-2H3,(H,26,29). The summed E-state index contributed by atoms with van der Waals surface area (Å²) < 4.78 is 54.1. The minimum Gasteiger partial charge on any atom is -0.351 e. The molecule has 0 aromatic heterocycles. The van der Waals surface area contributed by atoms with E-state index in [0.717, 1.165) is 18.6 Å². The van der Waals surface area contributed by atoms with E-state index in [1.54, 1.807) is 42.5 Å². The Kier molecular flexibility index (Phi) is 8.84. The highest BCUT2D eigenvalue weighted by molar-refractivity contribution is 9.10. The van der Waals surface area contributed by atoms with Crippen molar-refractivity contribution in [1.82, 2.24) is 13.9 Å². The summed E-state index contributed by atoms with van der Waals surface area (Å²) in [6.07, 6.45) is 0. The second-order valence-corrected chi connectivity index (χ2v) is 12.9. The second kappa shape index (κ2) is 11.4. The van der Waals surface area contributed by atoms with E-state index in [9.17, 15) is 21.6 Å². The van der Waals surface area contributed by atoms with Crippen LogP contribution < -0.4 is 5.32 Å². The van der Waals surface area contributed by atoms with Gasteiger partial charge >= 0.3 is 0 Å². The molecule has 1 amide bonds. The first kappa shape index (κ1) is 27.0. The highest BCUT2D eigenvalue weighted by atomic mass is 79.9. The Bertz CT molecular complexity index is 1360. The average Bonchev–Trinajstić information content (AvgIpc) is 2.84. The minimum atomic E-state index is -3.93. The number of sulfonamides is 2. The molecule has 0 heterocycles. The third kappa shape index (κ3) is 6.98. The first-order valence-electron chi connectivity index (χ1n) is 10.6. The fourth-order valence-corrected chi connectivity index (χ4v) is 5.74. The Morgan fingerprint density at radius 3 is 1.89 bits per heavy atom. The second-order valence-electron chi connectivity index (χ2n) is 7.92. The van der Waals surface area contributed by atoms with E-state index in [1.807, 2.05) is 12.1 Å². The maximum Gasteiger partial charge on any atom is 0.243 e. The van der Waals surface area contributed by atoms with E-state index in [1.165, 1.54) is 38.4 Å². The number of benzene rings is 3. The summed E-state index contributed by atoms with van der Waals surface area (Å²) in [5.41, 5.74) is 1.42. The number of nitrogens with one attached hydrogen (secondary N) is 1. The van der Waals surface area contributed by atoms with Gasteiger partial charge in [0.25, 0.3) is 0 Å². The molecule has 0 bridgehead atoms. The number of hydrogen-bond donors (Lipinski definition) is 1. The average molecular weight is 581 g/mol. The van der Waals surface area contributed by atoms with Gasteiger partial charge in [0.15, 0.2) is 0 Å². The van der Waals surface area contributed by atoms with Gasteiger partial charge in [-0.25, -0.2) is 21.1 Å². The van der Waals surface area contributed by atoms with Gasteiger partial charge in [-0.2, -0.15) is 4.31 Å². The topological polar surface area (TPSA) is 104 Å².